The van der Waals surface area contributed by atoms with Crippen molar-refractivity contribution < 1.29 is 13.2 Å². The molecule has 0 aliphatic heterocycles. The first-order valence-corrected chi connectivity index (χ1v) is 10.2. The summed E-state index contributed by atoms with van der Waals surface area (Å²) in [4.78, 5) is 25.4. The molecule has 2 aromatic rings. The number of aromatic amines is 1. The standard InChI is InChI=1S/C19H24N2O4S/c1-7-21-19(23)15(10-20-21)18(22)14-8-9-16(26(6,24)25)17(13(14)5)12(4)11(2)3/h8-10,20H,7H2,1-6H3. The lowest BCUT2D eigenvalue weighted by Crippen LogP contribution is -2.22. The largest absolute Gasteiger partial charge is 0.302 e. The van der Waals surface area contributed by atoms with Crippen LogP contribution in [0.4, 0.5) is 0 Å². The summed E-state index contributed by atoms with van der Waals surface area (Å²) < 4.78 is 25.8. The van der Waals surface area contributed by atoms with E-state index in [-0.39, 0.29) is 16.0 Å². The summed E-state index contributed by atoms with van der Waals surface area (Å²) >= 11 is 0. The molecule has 0 bridgehead atoms. The molecule has 1 aromatic heterocycles. The summed E-state index contributed by atoms with van der Waals surface area (Å²) in [5.74, 6) is -0.418. The van der Waals surface area contributed by atoms with Gasteiger partial charge in [0.2, 0.25) is 0 Å². The summed E-state index contributed by atoms with van der Waals surface area (Å²) in [6.45, 7) is 9.56. The van der Waals surface area contributed by atoms with E-state index in [0.29, 0.717) is 23.2 Å². The molecule has 26 heavy (non-hydrogen) atoms. The van der Waals surface area contributed by atoms with Gasteiger partial charge in [0, 0.05) is 24.6 Å². The molecule has 6 nitrogen and oxygen atoms in total. The maximum Gasteiger partial charge on any atom is 0.277 e. The Morgan fingerprint density at radius 3 is 2.23 bits per heavy atom. The first-order chi connectivity index (χ1) is 12.0. The Kier molecular flexibility index (Phi) is 5.41. The highest BCUT2D eigenvalue weighted by molar-refractivity contribution is 7.90. The minimum Gasteiger partial charge on any atom is -0.302 e. The number of hydrogen-bond donors (Lipinski definition) is 1. The Bertz CT molecular complexity index is 1070. The van der Waals surface area contributed by atoms with Gasteiger partial charge in [0.05, 0.1) is 4.90 Å². The summed E-state index contributed by atoms with van der Waals surface area (Å²) in [7, 11) is -3.47. The van der Waals surface area contributed by atoms with Crippen LogP contribution >= 0.6 is 0 Å². The van der Waals surface area contributed by atoms with E-state index in [0.717, 1.165) is 17.4 Å². The second-order valence-corrected chi connectivity index (χ2v) is 8.56. The van der Waals surface area contributed by atoms with Crippen LogP contribution < -0.4 is 5.56 Å². The van der Waals surface area contributed by atoms with Crippen molar-refractivity contribution in [1.82, 2.24) is 9.78 Å². The Hall–Kier alpha value is -2.41. The molecule has 0 saturated heterocycles. The number of carbonyl (C=O) groups is 1. The Morgan fingerprint density at radius 2 is 1.77 bits per heavy atom. The Morgan fingerprint density at radius 1 is 1.15 bits per heavy atom. The van der Waals surface area contributed by atoms with Crippen LogP contribution in [0.1, 0.15) is 54.7 Å². The van der Waals surface area contributed by atoms with Gasteiger partial charge in [0.15, 0.2) is 15.6 Å². The molecule has 1 aromatic carbocycles. The van der Waals surface area contributed by atoms with Crippen LogP contribution in [-0.2, 0) is 16.4 Å². The predicted molar refractivity (Wildman–Crippen MR) is 102 cm³/mol. The highest BCUT2D eigenvalue weighted by Crippen LogP contribution is 2.31. The maximum absolute atomic E-state index is 12.9. The number of benzene rings is 1. The zero-order chi connectivity index (χ0) is 19.8. The van der Waals surface area contributed by atoms with Crippen LogP contribution in [0, 0.1) is 6.92 Å². The molecule has 0 spiro atoms. The molecular weight excluding hydrogens is 352 g/mol. The average molecular weight is 376 g/mol. The van der Waals surface area contributed by atoms with Crippen molar-refractivity contribution in [3.63, 3.8) is 0 Å². The number of nitrogens with zero attached hydrogens (tertiary/aromatic N) is 1. The number of carbonyl (C=O) groups excluding carboxylic acids is 1. The summed E-state index contributed by atoms with van der Waals surface area (Å²) in [5.41, 5.74) is 2.83. The third kappa shape index (κ3) is 3.44. The fourth-order valence-electron chi connectivity index (χ4n) is 2.91. The van der Waals surface area contributed by atoms with E-state index in [1.807, 2.05) is 20.8 Å². The normalized spacial score (nSPS) is 11.5. The van der Waals surface area contributed by atoms with E-state index in [1.165, 1.54) is 23.0 Å². The maximum atomic E-state index is 12.9. The number of aromatic nitrogens is 2. The number of sulfone groups is 1. The molecule has 0 fully saturated rings. The second kappa shape index (κ2) is 7.07. The van der Waals surface area contributed by atoms with Crippen molar-refractivity contribution >= 4 is 21.2 Å². The van der Waals surface area contributed by atoms with Gasteiger partial charge in [-0.05, 0) is 63.5 Å². The lowest BCUT2D eigenvalue weighted by molar-refractivity contribution is 0.103. The number of allylic oxidation sites excluding steroid dienone is 2. The molecule has 0 saturated carbocycles. The molecule has 1 heterocycles. The number of hydrogen-bond acceptors (Lipinski definition) is 4. The Balaban J connectivity index is 2.78. The lowest BCUT2D eigenvalue weighted by Gasteiger charge is -2.16. The van der Waals surface area contributed by atoms with Gasteiger partial charge < -0.3 is 5.10 Å². The molecule has 0 atom stereocenters. The van der Waals surface area contributed by atoms with Crippen LogP contribution in [0.25, 0.3) is 5.57 Å². The minimum absolute atomic E-state index is 0.0443. The molecule has 0 aliphatic carbocycles. The molecule has 2 rings (SSSR count). The fourth-order valence-corrected chi connectivity index (χ4v) is 3.90. The van der Waals surface area contributed by atoms with Gasteiger partial charge in [-0.3, -0.25) is 14.3 Å². The quantitative estimate of drug-likeness (QED) is 0.813. The van der Waals surface area contributed by atoms with E-state index < -0.39 is 15.6 Å². The van der Waals surface area contributed by atoms with Gasteiger partial charge in [-0.2, -0.15) is 0 Å². The molecule has 140 valence electrons. The van der Waals surface area contributed by atoms with Crippen molar-refractivity contribution in [3.8, 4) is 0 Å². The minimum atomic E-state index is -3.47. The van der Waals surface area contributed by atoms with Gasteiger partial charge in [-0.25, -0.2) is 8.42 Å². The molecule has 0 unspecified atom stereocenters. The summed E-state index contributed by atoms with van der Waals surface area (Å²) in [5, 5.41) is 2.76. The van der Waals surface area contributed by atoms with E-state index in [9.17, 15) is 18.0 Å². The monoisotopic (exact) mass is 376 g/mol. The van der Waals surface area contributed by atoms with Crippen molar-refractivity contribution in [1.29, 1.82) is 0 Å². The third-order valence-corrected chi connectivity index (χ3v) is 5.74. The molecule has 0 amide bonds. The van der Waals surface area contributed by atoms with Gasteiger partial charge in [-0.1, -0.05) is 5.57 Å². The smallest absolute Gasteiger partial charge is 0.277 e. The molecule has 7 heteroatoms. The van der Waals surface area contributed by atoms with Gasteiger partial charge in [0.1, 0.15) is 5.56 Å². The zero-order valence-electron chi connectivity index (χ0n) is 15.9. The van der Waals surface area contributed by atoms with E-state index in [2.05, 4.69) is 5.10 Å². The van der Waals surface area contributed by atoms with Crippen molar-refractivity contribution in [2.24, 2.45) is 0 Å². The summed E-state index contributed by atoms with van der Waals surface area (Å²) in [6, 6.07) is 2.93. The van der Waals surface area contributed by atoms with Crippen molar-refractivity contribution in [2.45, 2.75) is 46.1 Å². The second-order valence-electron chi connectivity index (χ2n) is 6.57. The van der Waals surface area contributed by atoms with Crippen LogP contribution in [0.15, 0.2) is 33.6 Å². The van der Waals surface area contributed by atoms with E-state index >= 15 is 0 Å². The molecule has 0 radical (unpaired) electrons. The van der Waals surface area contributed by atoms with Crippen LogP contribution in [0.2, 0.25) is 0 Å². The SMILES string of the molecule is CCn1[nH]cc(C(=O)c2ccc(S(C)(=O)=O)c(C(C)=C(C)C)c2C)c1=O. The van der Waals surface area contributed by atoms with Crippen molar-refractivity contribution in [2.75, 3.05) is 6.26 Å². The van der Waals surface area contributed by atoms with Gasteiger partial charge >= 0.3 is 0 Å². The van der Waals surface area contributed by atoms with E-state index in [1.54, 1.807) is 13.8 Å². The van der Waals surface area contributed by atoms with Gasteiger partial charge in [0.25, 0.3) is 5.56 Å². The third-order valence-electron chi connectivity index (χ3n) is 4.60. The average Bonchev–Trinajstić information content (AvgIpc) is 2.92. The molecule has 0 aliphatic rings. The fraction of sp³-hybridized carbons (Fsp3) is 0.368. The topological polar surface area (TPSA) is 89.0 Å². The predicted octanol–water partition coefficient (Wildman–Crippen LogP) is 2.95. The highest BCUT2D eigenvalue weighted by atomic mass is 32.2. The van der Waals surface area contributed by atoms with Crippen LogP contribution in [0.5, 0.6) is 0 Å². The molecular formula is C19H24N2O4S. The zero-order valence-corrected chi connectivity index (χ0v) is 16.7. The lowest BCUT2D eigenvalue weighted by atomic mass is 9.92. The molecule has 1 N–H and O–H groups in total. The summed E-state index contributed by atoms with van der Waals surface area (Å²) in [6.07, 6.45) is 2.54. The van der Waals surface area contributed by atoms with Gasteiger partial charge in [-0.15, -0.1) is 0 Å². The number of rotatable bonds is 5. The highest BCUT2D eigenvalue weighted by Gasteiger charge is 2.24. The van der Waals surface area contributed by atoms with Crippen LogP contribution in [0.3, 0.4) is 0 Å². The number of aryl methyl sites for hydroxylation is 1. The first kappa shape index (κ1) is 19.9. The number of ketones is 1. The van der Waals surface area contributed by atoms with Crippen LogP contribution in [-0.4, -0.2) is 30.2 Å². The van der Waals surface area contributed by atoms with Crippen molar-refractivity contribution in [3.05, 3.63) is 56.5 Å². The van der Waals surface area contributed by atoms with E-state index in [4.69, 9.17) is 0 Å². The number of H-pyrrole nitrogens is 1. The number of nitrogens with one attached hydrogen (secondary N) is 1. The first-order valence-electron chi connectivity index (χ1n) is 8.31. The Labute approximate surface area is 153 Å².